The molecular formula is C19H19ClN2. The third kappa shape index (κ3) is 2.37. The van der Waals surface area contributed by atoms with Crippen molar-refractivity contribution >= 4 is 17.2 Å². The van der Waals surface area contributed by atoms with Crippen molar-refractivity contribution in [3.05, 3.63) is 69.5 Å². The van der Waals surface area contributed by atoms with Crippen LogP contribution in [0.4, 0.5) is 0 Å². The average molecular weight is 311 g/mol. The molecule has 0 unspecified atom stereocenters. The molecule has 0 saturated carbocycles. The van der Waals surface area contributed by atoms with Gasteiger partial charge < -0.3 is 5.32 Å². The van der Waals surface area contributed by atoms with Gasteiger partial charge in [-0.05, 0) is 67.6 Å². The summed E-state index contributed by atoms with van der Waals surface area (Å²) in [7, 11) is 0. The van der Waals surface area contributed by atoms with E-state index in [1.54, 1.807) is 0 Å². The molecule has 0 radical (unpaired) electrons. The van der Waals surface area contributed by atoms with Crippen LogP contribution < -0.4 is 5.32 Å². The Labute approximate surface area is 136 Å². The van der Waals surface area contributed by atoms with Gasteiger partial charge in [-0.2, -0.15) is 0 Å². The van der Waals surface area contributed by atoms with Crippen molar-refractivity contribution in [2.75, 3.05) is 13.1 Å². The molecule has 2 nitrogen and oxygen atoms in total. The van der Waals surface area contributed by atoms with Gasteiger partial charge in [-0.1, -0.05) is 35.4 Å². The van der Waals surface area contributed by atoms with E-state index in [0.29, 0.717) is 0 Å². The molecule has 2 aliphatic rings. The fourth-order valence-corrected chi connectivity index (χ4v) is 3.91. The van der Waals surface area contributed by atoms with Gasteiger partial charge in [-0.25, -0.2) is 0 Å². The van der Waals surface area contributed by atoms with E-state index in [4.69, 9.17) is 16.6 Å². The topological polar surface area (TPSA) is 24.9 Å². The van der Waals surface area contributed by atoms with Crippen LogP contribution in [-0.2, 0) is 12.8 Å². The number of rotatable bonds is 0. The van der Waals surface area contributed by atoms with Gasteiger partial charge >= 0.3 is 0 Å². The average Bonchev–Trinajstić information content (AvgIpc) is 2.73. The number of hydrogen-bond acceptors (Lipinski definition) is 2. The monoisotopic (exact) mass is 310 g/mol. The highest BCUT2D eigenvalue weighted by atomic mass is 35.5. The number of halogens is 1. The van der Waals surface area contributed by atoms with Crippen molar-refractivity contribution in [3.63, 3.8) is 0 Å². The molecule has 4 rings (SSSR count). The van der Waals surface area contributed by atoms with E-state index in [1.807, 2.05) is 18.3 Å². The van der Waals surface area contributed by atoms with E-state index in [-0.39, 0.29) is 0 Å². The second-order valence-electron chi connectivity index (χ2n) is 6.01. The number of nitrogens with one attached hydrogen (secondary N) is 1. The number of aromatic nitrogens is 1. The molecule has 2 heterocycles. The summed E-state index contributed by atoms with van der Waals surface area (Å²) in [5.41, 5.74) is 7.94. The summed E-state index contributed by atoms with van der Waals surface area (Å²) in [5, 5.41) is 4.33. The van der Waals surface area contributed by atoms with E-state index in [2.05, 4.69) is 23.5 Å². The Hall–Kier alpha value is -1.64. The highest BCUT2D eigenvalue weighted by Gasteiger charge is 2.24. The fourth-order valence-electron chi connectivity index (χ4n) is 3.64. The summed E-state index contributed by atoms with van der Waals surface area (Å²) in [5.74, 6) is 0. The van der Waals surface area contributed by atoms with Crippen LogP contribution in [0.3, 0.4) is 0 Å². The van der Waals surface area contributed by atoms with E-state index < -0.39 is 0 Å². The predicted molar refractivity (Wildman–Crippen MR) is 91.2 cm³/mol. The summed E-state index contributed by atoms with van der Waals surface area (Å²) < 4.78 is 0. The van der Waals surface area contributed by atoms with Crippen molar-refractivity contribution in [2.45, 2.75) is 25.7 Å². The molecule has 1 aliphatic heterocycles. The van der Waals surface area contributed by atoms with Gasteiger partial charge in [-0.15, -0.1) is 0 Å². The summed E-state index contributed by atoms with van der Waals surface area (Å²) >= 11 is 6.51. The molecule has 2 aromatic rings. The summed E-state index contributed by atoms with van der Waals surface area (Å²) in [4.78, 5) is 4.74. The van der Waals surface area contributed by atoms with Gasteiger partial charge in [0.15, 0.2) is 0 Å². The largest absolute Gasteiger partial charge is 0.316 e. The smallest absolute Gasteiger partial charge is 0.0739 e. The molecular weight excluding hydrogens is 292 g/mol. The Balaban J connectivity index is 2.00. The van der Waals surface area contributed by atoms with Crippen LogP contribution in [0.15, 0.2) is 42.1 Å². The Morgan fingerprint density at radius 1 is 0.955 bits per heavy atom. The Bertz CT molecular complexity index is 741. The molecule has 3 heteroatoms. The van der Waals surface area contributed by atoms with Crippen molar-refractivity contribution in [3.8, 4) is 0 Å². The van der Waals surface area contributed by atoms with Crippen LogP contribution in [-0.4, -0.2) is 18.1 Å². The number of piperidine rings is 1. The van der Waals surface area contributed by atoms with Crippen molar-refractivity contribution in [2.24, 2.45) is 0 Å². The molecule has 0 spiro atoms. The second-order valence-corrected chi connectivity index (χ2v) is 6.41. The first-order valence-corrected chi connectivity index (χ1v) is 8.37. The van der Waals surface area contributed by atoms with Crippen molar-refractivity contribution in [1.82, 2.24) is 10.3 Å². The molecule has 112 valence electrons. The van der Waals surface area contributed by atoms with Gasteiger partial charge in [0.05, 0.1) is 5.69 Å². The quantitative estimate of drug-likeness (QED) is 0.795. The highest BCUT2D eigenvalue weighted by Crippen LogP contribution is 2.38. The zero-order chi connectivity index (χ0) is 14.9. The minimum absolute atomic E-state index is 0.886. The van der Waals surface area contributed by atoms with Gasteiger partial charge in [0.1, 0.15) is 0 Å². The van der Waals surface area contributed by atoms with Gasteiger partial charge in [0.25, 0.3) is 0 Å². The van der Waals surface area contributed by atoms with E-state index in [1.165, 1.54) is 33.5 Å². The first-order valence-electron chi connectivity index (χ1n) is 7.99. The molecule has 22 heavy (non-hydrogen) atoms. The number of pyridine rings is 1. The third-order valence-electron chi connectivity index (χ3n) is 4.72. The van der Waals surface area contributed by atoms with Gasteiger partial charge in [0, 0.05) is 16.8 Å². The lowest BCUT2D eigenvalue weighted by Crippen LogP contribution is -2.24. The zero-order valence-electron chi connectivity index (χ0n) is 12.5. The number of hydrogen-bond donors (Lipinski definition) is 1. The van der Waals surface area contributed by atoms with E-state index >= 15 is 0 Å². The number of nitrogens with zero attached hydrogens (tertiary/aromatic N) is 1. The minimum Gasteiger partial charge on any atom is -0.316 e. The Kier molecular flexibility index (Phi) is 3.73. The van der Waals surface area contributed by atoms with E-state index in [0.717, 1.165) is 43.8 Å². The molecule has 1 aromatic heterocycles. The maximum Gasteiger partial charge on any atom is 0.0739 e. The lowest BCUT2D eigenvalue weighted by atomic mass is 9.89. The summed E-state index contributed by atoms with van der Waals surface area (Å²) in [6.45, 7) is 2.10. The number of fused-ring (bicyclic) bond motifs is 2. The SMILES string of the molecule is Clc1cccc2c1CCc1cccnc1C2=C1CCNCC1. The predicted octanol–water partition coefficient (Wildman–Crippen LogP) is 4.02. The number of benzene rings is 1. The molecule has 0 bridgehead atoms. The molecule has 1 aromatic carbocycles. The summed E-state index contributed by atoms with van der Waals surface area (Å²) in [6, 6.07) is 10.5. The molecule has 0 amide bonds. The third-order valence-corrected chi connectivity index (χ3v) is 5.08. The zero-order valence-corrected chi connectivity index (χ0v) is 13.3. The van der Waals surface area contributed by atoms with Crippen LogP contribution >= 0.6 is 11.6 Å². The van der Waals surface area contributed by atoms with Crippen LogP contribution in [0.25, 0.3) is 5.57 Å². The van der Waals surface area contributed by atoms with Gasteiger partial charge in [-0.3, -0.25) is 4.98 Å². The standard InChI is InChI=1S/C19H19ClN2/c20-17-5-1-4-16-15(17)7-6-14-3-2-10-22-19(14)18(16)13-8-11-21-12-9-13/h1-5,10,21H,6-9,11-12H2. The highest BCUT2D eigenvalue weighted by molar-refractivity contribution is 6.31. The van der Waals surface area contributed by atoms with Crippen LogP contribution in [0.5, 0.6) is 0 Å². The van der Waals surface area contributed by atoms with Crippen molar-refractivity contribution < 1.29 is 0 Å². The molecule has 1 N–H and O–H groups in total. The fraction of sp³-hybridized carbons (Fsp3) is 0.316. The van der Waals surface area contributed by atoms with Crippen LogP contribution in [0.1, 0.15) is 35.2 Å². The van der Waals surface area contributed by atoms with E-state index in [9.17, 15) is 0 Å². The minimum atomic E-state index is 0.886. The second kappa shape index (κ2) is 5.86. The van der Waals surface area contributed by atoms with Gasteiger partial charge in [0.2, 0.25) is 0 Å². The normalized spacial score (nSPS) is 17.7. The lowest BCUT2D eigenvalue weighted by Gasteiger charge is -2.22. The first kappa shape index (κ1) is 14.0. The van der Waals surface area contributed by atoms with Crippen LogP contribution in [0, 0.1) is 0 Å². The van der Waals surface area contributed by atoms with Crippen molar-refractivity contribution in [1.29, 1.82) is 0 Å². The molecule has 1 fully saturated rings. The Morgan fingerprint density at radius 3 is 2.68 bits per heavy atom. The number of aryl methyl sites for hydroxylation is 1. The maximum absolute atomic E-state index is 6.51. The summed E-state index contributed by atoms with van der Waals surface area (Å²) in [6.07, 6.45) is 6.10. The molecule has 1 saturated heterocycles. The Morgan fingerprint density at radius 2 is 1.82 bits per heavy atom. The lowest BCUT2D eigenvalue weighted by molar-refractivity contribution is 0.611. The first-order chi connectivity index (χ1) is 10.8. The maximum atomic E-state index is 6.51. The van der Waals surface area contributed by atoms with Crippen LogP contribution in [0.2, 0.25) is 5.02 Å². The molecule has 1 aliphatic carbocycles. The molecule has 0 atom stereocenters.